The Kier molecular flexibility index (Phi) is 5.43. The molecule has 1 unspecified atom stereocenters. The Morgan fingerprint density at radius 2 is 2.00 bits per heavy atom. The van der Waals surface area contributed by atoms with Gasteiger partial charge in [0.2, 0.25) is 0 Å². The molecule has 7 heteroatoms. The van der Waals surface area contributed by atoms with E-state index in [2.05, 4.69) is 27.4 Å². The van der Waals surface area contributed by atoms with E-state index < -0.39 is 0 Å². The molecule has 2 saturated heterocycles. The van der Waals surface area contributed by atoms with Crippen LogP contribution in [-0.4, -0.2) is 59.9 Å². The highest BCUT2D eigenvalue weighted by atomic mass is 16.2. The Morgan fingerprint density at radius 1 is 1.18 bits per heavy atom. The van der Waals surface area contributed by atoms with Crippen molar-refractivity contribution in [1.29, 1.82) is 0 Å². The summed E-state index contributed by atoms with van der Waals surface area (Å²) >= 11 is 0. The van der Waals surface area contributed by atoms with Crippen LogP contribution in [0.2, 0.25) is 0 Å². The van der Waals surface area contributed by atoms with E-state index in [0.717, 1.165) is 24.3 Å². The molecular formula is C21H27N5O2. The summed E-state index contributed by atoms with van der Waals surface area (Å²) in [6, 6.07) is 9.72. The largest absolute Gasteiger partial charge is 0.367 e. The number of aromatic nitrogens is 2. The van der Waals surface area contributed by atoms with Crippen LogP contribution in [0.3, 0.4) is 0 Å². The third-order valence-corrected chi connectivity index (χ3v) is 5.79. The van der Waals surface area contributed by atoms with Crippen LogP contribution in [0.5, 0.6) is 0 Å². The lowest BCUT2D eigenvalue weighted by molar-refractivity contribution is 0.0746. The molecule has 0 spiro atoms. The SMILES string of the molecule is Cn1ncc(N2CCN(C(=O)c3cccc(C4CCCNC4)c3)CC2)cc1=O. The maximum absolute atomic E-state index is 13.0. The van der Waals surface area contributed by atoms with Gasteiger partial charge in [-0.1, -0.05) is 12.1 Å². The lowest BCUT2D eigenvalue weighted by Gasteiger charge is -2.36. The van der Waals surface area contributed by atoms with Gasteiger partial charge in [-0.3, -0.25) is 9.59 Å². The highest BCUT2D eigenvalue weighted by molar-refractivity contribution is 5.94. The number of hydrogen-bond donors (Lipinski definition) is 1. The first-order chi connectivity index (χ1) is 13.6. The highest BCUT2D eigenvalue weighted by Gasteiger charge is 2.24. The Labute approximate surface area is 165 Å². The van der Waals surface area contributed by atoms with Gasteiger partial charge in [0.1, 0.15) is 0 Å². The maximum Gasteiger partial charge on any atom is 0.268 e. The number of carbonyl (C=O) groups excluding carboxylic acids is 1. The first-order valence-electron chi connectivity index (χ1n) is 10.00. The fraction of sp³-hybridized carbons (Fsp3) is 0.476. The van der Waals surface area contributed by atoms with Gasteiger partial charge in [-0.15, -0.1) is 0 Å². The van der Waals surface area contributed by atoms with E-state index >= 15 is 0 Å². The molecule has 2 aliphatic rings. The van der Waals surface area contributed by atoms with Crippen LogP contribution in [0.25, 0.3) is 0 Å². The molecule has 1 aromatic heterocycles. The minimum atomic E-state index is -0.120. The Bertz CT molecular complexity index is 896. The van der Waals surface area contributed by atoms with E-state index in [0.29, 0.717) is 32.1 Å². The molecule has 0 aliphatic carbocycles. The number of anilines is 1. The number of aryl methyl sites for hydroxylation is 1. The van der Waals surface area contributed by atoms with Crippen molar-refractivity contribution in [2.75, 3.05) is 44.2 Å². The minimum absolute atomic E-state index is 0.0902. The van der Waals surface area contributed by atoms with E-state index in [1.807, 2.05) is 17.0 Å². The van der Waals surface area contributed by atoms with Crippen molar-refractivity contribution in [2.45, 2.75) is 18.8 Å². The monoisotopic (exact) mass is 381 g/mol. The molecule has 2 aromatic rings. The van der Waals surface area contributed by atoms with Crippen LogP contribution in [0.15, 0.2) is 41.3 Å². The second-order valence-corrected chi connectivity index (χ2v) is 7.62. The molecule has 2 fully saturated rings. The molecule has 1 N–H and O–H groups in total. The first kappa shape index (κ1) is 18.7. The Balaban J connectivity index is 1.41. The molecule has 3 heterocycles. The van der Waals surface area contributed by atoms with Crippen LogP contribution in [0, 0.1) is 0 Å². The molecule has 1 amide bonds. The summed E-state index contributed by atoms with van der Waals surface area (Å²) < 4.78 is 1.32. The molecular weight excluding hydrogens is 354 g/mol. The number of hydrogen-bond acceptors (Lipinski definition) is 5. The number of piperazine rings is 1. The summed E-state index contributed by atoms with van der Waals surface area (Å²) in [4.78, 5) is 28.8. The molecule has 148 valence electrons. The normalized spacial score (nSPS) is 20.2. The number of piperidine rings is 1. The zero-order valence-corrected chi connectivity index (χ0v) is 16.3. The maximum atomic E-state index is 13.0. The van der Waals surface area contributed by atoms with E-state index in [9.17, 15) is 9.59 Å². The topological polar surface area (TPSA) is 70.5 Å². The fourth-order valence-electron chi connectivity index (χ4n) is 4.05. The van der Waals surface area contributed by atoms with Crippen molar-refractivity contribution < 1.29 is 4.79 Å². The van der Waals surface area contributed by atoms with Gasteiger partial charge < -0.3 is 15.1 Å². The second kappa shape index (κ2) is 8.14. The predicted molar refractivity (Wildman–Crippen MR) is 109 cm³/mol. The second-order valence-electron chi connectivity index (χ2n) is 7.62. The lowest BCUT2D eigenvalue weighted by Crippen LogP contribution is -2.49. The number of rotatable bonds is 3. The number of nitrogens with zero attached hydrogens (tertiary/aromatic N) is 4. The first-order valence-corrected chi connectivity index (χ1v) is 10.00. The number of carbonyl (C=O) groups is 1. The predicted octanol–water partition coefficient (Wildman–Crippen LogP) is 1.21. The van der Waals surface area contributed by atoms with Crippen LogP contribution < -0.4 is 15.8 Å². The minimum Gasteiger partial charge on any atom is -0.367 e. The quantitative estimate of drug-likeness (QED) is 0.865. The third-order valence-electron chi connectivity index (χ3n) is 5.79. The van der Waals surface area contributed by atoms with E-state index in [4.69, 9.17) is 0 Å². The smallest absolute Gasteiger partial charge is 0.268 e. The van der Waals surface area contributed by atoms with Gasteiger partial charge in [-0.25, -0.2) is 4.68 Å². The molecule has 1 aromatic carbocycles. The molecule has 28 heavy (non-hydrogen) atoms. The molecule has 1 atom stereocenters. The van der Waals surface area contributed by atoms with Crippen LogP contribution in [-0.2, 0) is 7.05 Å². The zero-order chi connectivity index (χ0) is 19.5. The van der Waals surface area contributed by atoms with E-state index in [-0.39, 0.29) is 11.5 Å². The summed E-state index contributed by atoms with van der Waals surface area (Å²) in [5, 5.41) is 7.53. The van der Waals surface area contributed by atoms with Crippen molar-refractivity contribution in [1.82, 2.24) is 20.0 Å². The number of amides is 1. The summed E-state index contributed by atoms with van der Waals surface area (Å²) in [5.74, 6) is 0.582. The third kappa shape index (κ3) is 3.94. The van der Waals surface area contributed by atoms with Crippen molar-refractivity contribution in [2.24, 2.45) is 7.05 Å². The Hall–Kier alpha value is -2.67. The number of nitrogens with one attached hydrogen (secondary N) is 1. The van der Waals surface area contributed by atoms with Gasteiger partial charge in [-0.2, -0.15) is 5.10 Å². The van der Waals surface area contributed by atoms with Crippen molar-refractivity contribution >= 4 is 11.6 Å². The molecule has 4 rings (SSSR count). The van der Waals surface area contributed by atoms with Crippen molar-refractivity contribution in [3.8, 4) is 0 Å². The van der Waals surface area contributed by atoms with Gasteiger partial charge in [0.05, 0.1) is 11.9 Å². The van der Waals surface area contributed by atoms with E-state index in [1.165, 1.54) is 23.1 Å². The standard InChI is InChI=1S/C21H27N5O2/c1-24-20(27)13-19(15-23-24)25-8-10-26(11-9-25)21(28)17-5-2-4-16(12-17)18-6-3-7-22-14-18/h2,4-5,12-13,15,18,22H,3,6-11,14H2,1H3. The average molecular weight is 381 g/mol. The molecule has 0 bridgehead atoms. The van der Waals surface area contributed by atoms with E-state index in [1.54, 1.807) is 19.3 Å². The summed E-state index contributed by atoms with van der Waals surface area (Å²) in [5.41, 5.74) is 2.72. The molecule has 7 nitrogen and oxygen atoms in total. The fourth-order valence-corrected chi connectivity index (χ4v) is 4.05. The van der Waals surface area contributed by atoms with Gasteiger partial charge in [0.15, 0.2) is 0 Å². The van der Waals surface area contributed by atoms with Gasteiger partial charge in [0.25, 0.3) is 11.5 Å². The lowest BCUT2D eigenvalue weighted by atomic mass is 9.90. The summed E-state index contributed by atoms with van der Waals surface area (Å²) in [6.07, 6.45) is 4.07. The number of benzene rings is 1. The van der Waals surface area contributed by atoms with Crippen LogP contribution in [0.1, 0.15) is 34.7 Å². The summed E-state index contributed by atoms with van der Waals surface area (Å²) in [7, 11) is 1.64. The van der Waals surface area contributed by atoms with Gasteiger partial charge in [0, 0.05) is 51.4 Å². The van der Waals surface area contributed by atoms with Crippen molar-refractivity contribution in [3.63, 3.8) is 0 Å². The van der Waals surface area contributed by atoms with Crippen LogP contribution >= 0.6 is 0 Å². The molecule has 2 aliphatic heterocycles. The van der Waals surface area contributed by atoms with Crippen LogP contribution in [0.4, 0.5) is 5.69 Å². The average Bonchev–Trinajstić information content (AvgIpc) is 2.76. The zero-order valence-electron chi connectivity index (χ0n) is 16.3. The van der Waals surface area contributed by atoms with Crippen molar-refractivity contribution in [3.05, 3.63) is 58.0 Å². The molecule has 0 radical (unpaired) electrons. The van der Waals surface area contributed by atoms with Gasteiger partial charge >= 0.3 is 0 Å². The molecule has 0 saturated carbocycles. The Morgan fingerprint density at radius 3 is 2.71 bits per heavy atom. The van der Waals surface area contributed by atoms with Gasteiger partial charge in [-0.05, 0) is 43.0 Å². The summed E-state index contributed by atoms with van der Waals surface area (Å²) in [6.45, 7) is 4.76. The highest BCUT2D eigenvalue weighted by Crippen LogP contribution is 2.24.